The molecule has 0 bridgehead atoms. The van der Waals surface area contributed by atoms with Gasteiger partial charge in [0.15, 0.2) is 17.3 Å². The Morgan fingerprint density at radius 1 is 1.22 bits per heavy atom. The predicted molar refractivity (Wildman–Crippen MR) is 113 cm³/mol. The second kappa shape index (κ2) is 8.70. The number of benzene rings is 2. The molecular formula is C23H22FN4O4-. The lowest BCUT2D eigenvalue weighted by Crippen LogP contribution is -2.35. The molecule has 32 heavy (non-hydrogen) atoms. The van der Waals surface area contributed by atoms with Crippen molar-refractivity contribution in [2.24, 2.45) is 0 Å². The van der Waals surface area contributed by atoms with Gasteiger partial charge in [-0.3, -0.25) is 0 Å². The summed E-state index contributed by atoms with van der Waals surface area (Å²) in [4.78, 5) is 16.4. The summed E-state index contributed by atoms with van der Waals surface area (Å²) in [5.74, 6) is 0.341. The van der Waals surface area contributed by atoms with E-state index < -0.39 is 12.0 Å². The summed E-state index contributed by atoms with van der Waals surface area (Å²) in [6.07, 6.45) is 0.605. The summed E-state index contributed by atoms with van der Waals surface area (Å²) < 4.78 is 26.0. The van der Waals surface area contributed by atoms with Crippen molar-refractivity contribution in [1.29, 1.82) is 0 Å². The Kier molecular flexibility index (Phi) is 5.81. The molecule has 0 aliphatic carbocycles. The van der Waals surface area contributed by atoms with E-state index in [1.807, 2.05) is 6.92 Å². The molecule has 2 heterocycles. The van der Waals surface area contributed by atoms with Gasteiger partial charge in [-0.05, 0) is 42.3 Å². The number of rotatable bonds is 7. The number of ether oxygens (including phenoxy) is 2. The lowest BCUT2D eigenvalue weighted by Gasteiger charge is -2.30. The Labute approximate surface area is 184 Å². The number of methoxy groups -OCH3 is 1. The van der Waals surface area contributed by atoms with Crippen LogP contribution in [-0.2, 0) is 17.8 Å². The maximum absolute atomic E-state index is 13.1. The zero-order valence-corrected chi connectivity index (χ0v) is 17.9. The quantitative estimate of drug-likeness (QED) is 0.606. The van der Waals surface area contributed by atoms with Crippen molar-refractivity contribution in [3.8, 4) is 11.5 Å². The van der Waals surface area contributed by atoms with E-state index in [4.69, 9.17) is 9.47 Å². The van der Waals surface area contributed by atoms with E-state index in [2.05, 4.69) is 15.4 Å². The number of carbonyl (C=O) groups excluding carboxylic acids is 1. The molecular weight excluding hydrogens is 415 g/mol. The number of aliphatic carboxylic acids is 1. The minimum Gasteiger partial charge on any atom is -0.545 e. The highest BCUT2D eigenvalue weighted by Gasteiger charge is 2.31. The number of aryl methyl sites for hydroxylation is 1. The predicted octanol–water partition coefficient (Wildman–Crippen LogP) is 2.61. The molecule has 0 amide bonds. The third-order valence-electron chi connectivity index (χ3n) is 5.24. The van der Waals surface area contributed by atoms with Crippen LogP contribution in [0.3, 0.4) is 0 Å². The minimum atomic E-state index is -1.30. The fraction of sp³-hybridized carbons (Fsp3) is 0.261. The number of nitrogens with zero attached hydrogens (tertiary/aromatic N) is 3. The van der Waals surface area contributed by atoms with Crippen LogP contribution in [0, 0.1) is 5.82 Å². The van der Waals surface area contributed by atoms with Crippen molar-refractivity contribution in [3.05, 3.63) is 76.5 Å². The Balaban J connectivity index is 1.69. The number of halogens is 1. The summed E-state index contributed by atoms with van der Waals surface area (Å²) in [6, 6.07) is 10.4. The van der Waals surface area contributed by atoms with E-state index >= 15 is 0 Å². The fourth-order valence-electron chi connectivity index (χ4n) is 3.63. The summed E-state index contributed by atoms with van der Waals surface area (Å²) in [5, 5.41) is 19.5. The number of anilines is 1. The van der Waals surface area contributed by atoms with Gasteiger partial charge in [-0.1, -0.05) is 25.1 Å². The molecule has 1 atom stereocenters. The van der Waals surface area contributed by atoms with E-state index in [-0.39, 0.29) is 18.0 Å². The molecule has 0 spiro atoms. The van der Waals surface area contributed by atoms with Gasteiger partial charge in [-0.25, -0.2) is 9.07 Å². The second-order valence-corrected chi connectivity index (χ2v) is 7.33. The number of aromatic nitrogens is 3. The molecule has 9 heteroatoms. The SMILES string of the molecule is CCc1nc2n(n1)C(c1ccc(OCc3ccc(F)cc3)c(OC)c1)C(C(=O)[O-])=C(C)N2. The summed E-state index contributed by atoms with van der Waals surface area (Å²) in [7, 11) is 1.50. The Bertz CT molecular complexity index is 1190. The van der Waals surface area contributed by atoms with Crippen LogP contribution >= 0.6 is 0 Å². The van der Waals surface area contributed by atoms with E-state index in [9.17, 15) is 14.3 Å². The van der Waals surface area contributed by atoms with Gasteiger partial charge in [0, 0.05) is 17.7 Å². The van der Waals surface area contributed by atoms with E-state index in [0.29, 0.717) is 41.0 Å². The van der Waals surface area contributed by atoms with Crippen molar-refractivity contribution in [2.75, 3.05) is 12.4 Å². The standard InChI is InChI=1S/C23H23FN4O4/c1-4-19-26-23-25-13(2)20(22(29)30)21(28(23)27-19)15-7-10-17(18(11-15)31-3)32-12-14-5-8-16(24)9-6-14/h5-11,21H,4,12H2,1-3H3,(H,29,30)(H,25,26,27)/p-1. The summed E-state index contributed by atoms with van der Waals surface area (Å²) in [5.41, 5.74) is 1.93. The minimum absolute atomic E-state index is 0.0621. The van der Waals surface area contributed by atoms with Crippen LogP contribution in [0.5, 0.6) is 11.5 Å². The Morgan fingerprint density at radius 3 is 2.62 bits per heavy atom. The number of nitrogens with one attached hydrogen (secondary N) is 1. The first kappa shape index (κ1) is 21.4. The van der Waals surface area contributed by atoms with Crippen molar-refractivity contribution in [2.45, 2.75) is 32.9 Å². The molecule has 0 fully saturated rings. The molecule has 1 N–H and O–H groups in total. The van der Waals surface area contributed by atoms with Crippen LogP contribution in [0.1, 0.15) is 36.8 Å². The van der Waals surface area contributed by atoms with Gasteiger partial charge in [-0.2, -0.15) is 10.1 Å². The first-order valence-corrected chi connectivity index (χ1v) is 10.1. The monoisotopic (exact) mass is 437 g/mol. The van der Waals surface area contributed by atoms with Gasteiger partial charge in [-0.15, -0.1) is 0 Å². The average molecular weight is 437 g/mol. The molecule has 1 aromatic heterocycles. The molecule has 1 aliphatic rings. The molecule has 166 valence electrons. The van der Waals surface area contributed by atoms with Gasteiger partial charge in [0.2, 0.25) is 5.95 Å². The summed E-state index contributed by atoms with van der Waals surface area (Å²) in [6.45, 7) is 3.81. The molecule has 2 aromatic carbocycles. The van der Waals surface area contributed by atoms with Crippen LogP contribution in [0.15, 0.2) is 53.7 Å². The van der Waals surface area contributed by atoms with Crippen LogP contribution in [-0.4, -0.2) is 27.8 Å². The molecule has 0 saturated heterocycles. The lowest BCUT2D eigenvalue weighted by atomic mass is 9.95. The van der Waals surface area contributed by atoms with E-state index in [0.717, 1.165) is 5.56 Å². The van der Waals surface area contributed by atoms with Gasteiger partial charge in [0.1, 0.15) is 18.5 Å². The molecule has 0 radical (unpaired) electrons. The van der Waals surface area contributed by atoms with Crippen LogP contribution in [0.4, 0.5) is 10.3 Å². The summed E-state index contributed by atoms with van der Waals surface area (Å²) >= 11 is 0. The number of carbonyl (C=O) groups is 1. The van der Waals surface area contributed by atoms with Gasteiger partial charge in [0.05, 0.1) is 13.1 Å². The fourth-order valence-corrected chi connectivity index (χ4v) is 3.63. The molecule has 0 saturated carbocycles. The third-order valence-corrected chi connectivity index (χ3v) is 5.24. The topological polar surface area (TPSA) is 101 Å². The first-order chi connectivity index (χ1) is 15.4. The van der Waals surface area contributed by atoms with Gasteiger partial charge in [0.25, 0.3) is 0 Å². The lowest BCUT2D eigenvalue weighted by molar-refractivity contribution is -0.299. The average Bonchev–Trinajstić information content (AvgIpc) is 3.20. The molecule has 3 aromatic rings. The Morgan fingerprint density at radius 2 is 1.97 bits per heavy atom. The molecule has 1 unspecified atom stereocenters. The highest BCUT2D eigenvalue weighted by molar-refractivity contribution is 5.89. The second-order valence-electron chi connectivity index (χ2n) is 7.33. The van der Waals surface area contributed by atoms with E-state index in [1.165, 1.54) is 19.2 Å². The number of fused-ring (bicyclic) bond motifs is 1. The third kappa shape index (κ3) is 4.01. The normalized spacial score (nSPS) is 15.2. The number of allylic oxidation sites excluding steroid dienone is 1. The number of hydrogen-bond donors (Lipinski definition) is 1. The van der Waals surface area contributed by atoms with Crippen molar-refractivity contribution in [3.63, 3.8) is 0 Å². The smallest absolute Gasteiger partial charge is 0.226 e. The number of carboxylic acids is 1. The molecule has 4 rings (SSSR count). The molecule has 1 aliphatic heterocycles. The van der Waals surface area contributed by atoms with Crippen molar-refractivity contribution >= 4 is 11.9 Å². The first-order valence-electron chi connectivity index (χ1n) is 10.1. The molecule has 8 nitrogen and oxygen atoms in total. The number of carboxylic acid groups (broad SMARTS) is 1. The van der Waals surface area contributed by atoms with Gasteiger partial charge >= 0.3 is 0 Å². The number of hydrogen-bond acceptors (Lipinski definition) is 7. The highest BCUT2D eigenvalue weighted by Crippen LogP contribution is 2.38. The zero-order chi connectivity index (χ0) is 22.8. The zero-order valence-electron chi connectivity index (χ0n) is 17.9. The van der Waals surface area contributed by atoms with Gasteiger partial charge < -0.3 is 24.7 Å². The van der Waals surface area contributed by atoms with E-state index in [1.54, 1.807) is 41.9 Å². The Hall–Kier alpha value is -3.88. The maximum Gasteiger partial charge on any atom is 0.226 e. The van der Waals surface area contributed by atoms with Crippen molar-refractivity contribution < 1.29 is 23.8 Å². The van der Waals surface area contributed by atoms with Crippen LogP contribution in [0.25, 0.3) is 0 Å². The largest absolute Gasteiger partial charge is 0.545 e. The van der Waals surface area contributed by atoms with Crippen LogP contribution < -0.4 is 19.9 Å². The maximum atomic E-state index is 13.1. The van der Waals surface area contributed by atoms with Crippen LogP contribution in [0.2, 0.25) is 0 Å². The highest BCUT2D eigenvalue weighted by atomic mass is 19.1. The van der Waals surface area contributed by atoms with Crippen molar-refractivity contribution in [1.82, 2.24) is 14.8 Å².